The minimum absolute atomic E-state index is 0.0964. The summed E-state index contributed by atoms with van der Waals surface area (Å²) in [5, 5.41) is 12.6. The quantitative estimate of drug-likeness (QED) is 0.650. The SMILES string of the molecule is OCCCON=C1CN(c2ncc(-c3ccccc3F)cn2)C1. The van der Waals surface area contributed by atoms with Crippen molar-refractivity contribution in [3.8, 4) is 11.1 Å². The lowest BCUT2D eigenvalue weighted by Gasteiger charge is -2.31. The van der Waals surface area contributed by atoms with Crippen LogP contribution >= 0.6 is 0 Å². The van der Waals surface area contributed by atoms with E-state index in [0.29, 0.717) is 43.2 Å². The smallest absolute Gasteiger partial charge is 0.225 e. The van der Waals surface area contributed by atoms with Gasteiger partial charge in [0.2, 0.25) is 5.95 Å². The van der Waals surface area contributed by atoms with Gasteiger partial charge in [-0.25, -0.2) is 14.4 Å². The Bertz CT molecular complexity index is 683. The van der Waals surface area contributed by atoms with E-state index in [1.54, 1.807) is 30.6 Å². The maximum atomic E-state index is 13.7. The van der Waals surface area contributed by atoms with Crippen molar-refractivity contribution in [1.29, 1.82) is 0 Å². The number of nitrogens with zero attached hydrogens (tertiary/aromatic N) is 4. The molecule has 1 fully saturated rings. The Morgan fingerprint density at radius 3 is 2.65 bits per heavy atom. The maximum Gasteiger partial charge on any atom is 0.225 e. The van der Waals surface area contributed by atoms with Crippen molar-refractivity contribution in [2.75, 3.05) is 31.2 Å². The molecule has 3 rings (SSSR count). The van der Waals surface area contributed by atoms with Gasteiger partial charge in [-0.2, -0.15) is 0 Å². The molecule has 1 aromatic heterocycles. The molecule has 7 heteroatoms. The van der Waals surface area contributed by atoms with Crippen LogP contribution in [0.3, 0.4) is 0 Å². The van der Waals surface area contributed by atoms with E-state index in [1.807, 2.05) is 4.90 Å². The molecule has 0 aliphatic carbocycles. The van der Waals surface area contributed by atoms with Gasteiger partial charge in [0.25, 0.3) is 0 Å². The number of hydrogen-bond acceptors (Lipinski definition) is 6. The fraction of sp³-hybridized carbons (Fsp3) is 0.312. The second kappa shape index (κ2) is 7.15. The van der Waals surface area contributed by atoms with Crippen LogP contribution in [-0.4, -0.2) is 47.1 Å². The van der Waals surface area contributed by atoms with E-state index in [-0.39, 0.29) is 12.4 Å². The van der Waals surface area contributed by atoms with Crippen LogP contribution in [0.5, 0.6) is 0 Å². The molecule has 2 heterocycles. The summed E-state index contributed by atoms with van der Waals surface area (Å²) < 4.78 is 13.7. The third kappa shape index (κ3) is 3.62. The predicted molar refractivity (Wildman–Crippen MR) is 84.7 cm³/mol. The Kier molecular flexibility index (Phi) is 4.77. The van der Waals surface area contributed by atoms with Crippen LogP contribution < -0.4 is 4.90 Å². The Balaban J connectivity index is 1.58. The van der Waals surface area contributed by atoms with Crippen LogP contribution in [-0.2, 0) is 4.84 Å². The highest BCUT2D eigenvalue weighted by molar-refractivity contribution is 5.98. The van der Waals surface area contributed by atoms with Crippen molar-refractivity contribution >= 4 is 11.7 Å². The van der Waals surface area contributed by atoms with Gasteiger partial charge in [0.15, 0.2) is 0 Å². The lowest BCUT2D eigenvalue weighted by Crippen LogP contribution is -2.48. The summed E-state index contributed by atoms with van der Waals surface area (Å²) in [6.07, 6.45) is 3.81. The van der Waals surface area contributed by atoms with Crippen molar-refractivity contribution in [1.82, 2.24) is 9.97 Å². The zero-order valence-corrected chi connectivity index (χ0v) is 12.5. The highest BCUT2D eigenvalue weighted by atomic mass is 19.1. The van der Waals surface area contributed by atoms with Crippen LogP contribution in [0, 0.1) is 5.82 Å². The minimum Gasteiger partial charge on any atom is -0.396 e. The third-order valence-electron chi connectivity index (χ3n) is 3.44. The number of aromatic nitrogens is 2. The van der Waals surface area contributed by atoms with Gasteiger partial charge in [-0.15, -0.1) is 0 Å². The maximum absolute atomic E-state index is 13.7. The van der Waals surface area contributed by atoms with E-state index >= 15 is 0 Å². The molecule has 0 bridgehead atoms. The molecule has 1 aliphatic rings. The van der Waals surface area contributed by atoms with Gasteiger partial charge in [-0.1, -0.05) is 23.4 Å². The Morgan fingerprint density at radius 2 is 1.96 bits per heavy atom. The van der Waals surface area contributed by atoms with Gasteiger partial charge >= 0.3 is 0 Å². The summed E-state index contributed by atoms with van der Waals surface area (Å²) in [5.41, 5.74) is 2.04. The minimum atomic E-state index is -0.290. The molecule has 2 aromatic rings. The molecule has 23 heavy (non-hydrogen) atoms. The standard InChI is InChI=1S/C16H17FN4O2/c17-15-5-2-1-4-14(15)12-8-18-16(19-9-12)21-10-13(11-21)20-23-7-3-6-22/h1-2,4-5,8-9,22H,3,6-7,10-11H2. The molecule has 1 saturated heterocycles. The Morgan fingerprint density at radius 1 is 1.22 bits per heavy atom. The van der Waals surface area contributed by atoms with Crippen LogP contribution in [0.2, 0.25) is 0 Å². The molecule has 0 amide bonds. The summed E-state index contributed by atoms with van der Waals surface area (Å²) in [4.78, 5) is 15.6. The number of benzene rings is 1. The largest absolute Gasteiger partial charge is 0.396 e. The van der Waals surface area contributed by atoms with E-state index in [1.165, 1.54) is 6.07 Å². The second-order valence-electron chi connectivity index (χ2n) is 5.18. The van der Waals surface area contributed by atoms with Crippen molar-refractivity contribution in [2.24, 2.45) is 5.16 Å². The summed E-state index contributed by atoms with van der Waals surface area (Å²) in [5.74, 6) is 0.293. The van der Waals surface area contributed by atoms with Gasteiger partial charge in [-0.3, -0.25) is 0 Å². The lowest BCUT2D eigenvalue weighted by molar-refractivity contribution is 0.122. The summed E-state index contributed by atoms with van der Waals surface area (Å²) >= 11 is 0. The van der Waals surface area contributed by atoms with Crippen LogP contribution in [0.25, 0.3) is 11.1 Å². The molecule has 0 atom stereocenters. The van der Waals surface area contributed by atoms with Crippen molar-refractivity contribution in [2.45, 2.75) is 6.42 Å². The second-order valence-corrected chi connectivity index (χ2v) is 5.18. The number of anilines is 1. The van der Waals surface area contributed by atoms with Gasteiger partial charge in [0.1, 0.15) is 12.4 Å². The molecule has 0 saturated carbocycles. The Hall–Kier alpha value is -2.54. The van der Waals surface area contributed by atoms with Crippen LogP contribution in [0.1, 0.15) is 6.42 Å². The number of aliphatic hydroxyl groups is 1. The zero-order valence-electron chi connectivity index (χ0n) is 12.5. The topological polar surface area (TPSA) is 70.8 Å². The van der Waals surface area contributed by atoms with E-state index in [2.05, 4.69) is 15.1 Å². The normalized spacial score (nSPS) is 13.7. The van der Waals surface area contributed by atoms with Crippen molar-refractivity contribution in [3.63, 3.8) is 0 Å². The molecular weight excluding hydrogens is 299 g/mol. The Labute approximate surface area is 133 Å². The number of halogens is 1. The molecule has 1 aromatic carbocycles. The van der Waals surface area contributed by atoms with Crippen LogP contribution in [0.15, 0.2) is 41.8 Å². The molecule has 120 valence electrons. The first-order valence-electron chi connectivity index (χ1n) is 7.38. The molecule has 6 nitrogen and oxygen atoms in total. The fourth-order valence-electron chi connectivity index (χ4n) is 2.18. The molecule has 0 unspecified atom stereocenters. The molecule has 1 aliphatic heterocycles. The zero-order chi connectivity index (χ0) is 16.1. The summed E-state index contributed by atoms with van der Waals surface area (Å²) in [6.45, 7) is 1.73. The molecular formula is C16H17FN4O2. The first-order valence-corrected chi connectivity index (χ1v) is 7.38. The van der Waals surface area contributed by atoms with Crippen molar-refractivity contribution in [3.05, 3.63) is 42.5 Å². The summed E-state index contributed by atoms with van der Waals surface area (Å²) in [6, 6.07) is 6.54. The summed E-state index contributed by atoms with van der Waals surface area (Å²) in [7, 11) is 0. The third-order valence-corrected chi connectivity index (χ3v) is 3.44. The van der Waals surface area contributed by atoms with E-state index in [4.69, 9.17) is 9.94 Å². The first-order chi connectivity index (χ1) is 11.3. The average Bonchev–Trinajstić information content (AvgIpc) is 2.54. The van der Waals surface area contributed by atoms with E-state index < -0.39 is 0 Å². The molecule has 0 radical (unpaired) electrons. The highest BCUT2D eigenvalue weighted by Gasteiger charge is 2.25. The fourth-order valence-corrected chi connectivity index (χ4v) is 2.18. The van der Waals surface area contributed by atoms with Gasteiger partial charge in [0.05, 0.1) is 18.8 Å². The number of oxime groups is 1. The van der Waals surface area contributed by atoms with E-state index in [9.17, 15) is 4.39 Å². The lowest BCUT2D eigenvalue weighted by atomic mass is 10.1. The molecule has 0 spiro atoms. The van der Waals surface area contributed by atoms with Crippen LogP contribution in [0.4, 0.5) is 10.3 Å². The highest BCUT2D eigenvalue weighted by Crippen LogP contribution is 2.22. The van der Waals surface area contributed by atoms with Gasteiger partial charge in [0, 0.05) is 36.5 Å². The number of hydrogen-bond donors (Lipinski definition) is 1. The average molecular weight is 316 g/mol. The monoisotopic (exact) mass is 316 g/mol. The number of rotatable bonds is 6. The first kappa shape index (κ1) is 15.4. The van der Waals surface area contributed by atoms with Crippen molar-refractivity contribution < 1.29 is 14.3 Å². The van der Waals surface area contributed by atoms with E-state index in [0.717, 1.165) is 5.71 Å². The number of aliphatic hydroxyl groups excluding tert-OH is 1. The molecule has 1 N–H and O–H groups in total. The predicted octanol–water partition coefficient (Wildman–Crippen LogP) is 1.86. The van der Waals surface area contributed by atoms with Gasteiger partial charge < -0.3 is 14.8 Å². The van der Waals surface area contributed by atoms with Gasteiger partial charge in [-0.05, 0) is 6.07 Å².